The second kappa shape index (κ2) is 6.57. The molecule has 4 nitrogen and oxygen atoms in total. The zero-order chi connectivity index (χ0) is 19.0. The van der Waals surface area contributed by atoms with Crippen LogP contribution in [0.1, 0.15) is 23.5 Å². The monoisotopic (exact) mass is 371 g/mol. The van der Waals surface area contributed by atoms with Crippen LogP contribution in [-0.2, 0) is 11.0 Å². The number of nitrogens with one attached hydrogen (secondary N) is 1. The van der Waals surface area contributed by atoms with Gasteiger partial charge in [0.1, 0.15) is 0 Å². The van der Waals surface area contributed by atoms with Crippen LogP contribution in [0.25, 0.3) is 5.69 Å². The number of anilines is 1. The quantitative estimate of drug-likeness (QED) is 0.727. The summed E-state index contributed by atoms with van der Waals surface area (Å²) >= 11 is 0. The van der Waals surface area contributed by atoms with Crippen molar-refractivity contribution in [1.82, 2.24) is 9.55 Å². The average Bonchev–Trinajstić information content (AvgIpc) is 3.27. The van der Waals surface area contributed by atoms with Crippen LogP contribution in [0, 0.1) is 5.92 Å². The van der Waals surface area contributed by atoms with Gasteiger partial charge in [-0.05, 0) is 42.2 Å². The Morgan fingerprint density at radius 3 is 2.52 bits per heavy atom. The fraction of sp³-hybridized carbons (Fsp3) is 0.200. The standard InChI is InChI=1S/C20H16F3N3O/c21-20(22,23)14-7-5-13(6-8-14)15-11-16(15)19(27)25-17-3-1-2-4-18(17)26-10-9-24-12-26/h1-10,12,15-16H,11H2,(H,25,27). The van der Waals surface area contributed by atoms with Crippen molar-refractivity contribution in [2.24, 2.45) is 5.92 Å². The molecule has 1 aliphatic carbocycles. The van der Waals surface area contributed by atoms with Crippen molar-refractivity contribution in [2.75, 3.05) is 5.32 Å². The largest absolute Gasteiger partial charge is 0.416 e. The number of hydrogen-bond acceptors (Lipinski definition) is 2. The minimum absolute atomic E-state index is 0.0484. The maximum Gasteiger partial charge on any atom is 0.416 e. The molecule has 1 heterocycles. The molecule has 138 valence electrons. The first-order valence-corrected chi connectivity index (χ1v) is 8.49. The number of alkyl halides is 3. The molecule has 1 aromatic heterocycles. The van der Waals surface area contributed by atoms with E-state index in [1.807, 2.05) is 24.3 Å². The molecule has 7 heteroatoms. The van der Waals surface area contributed by atoms with Crippen molar-refractivity contribution in [3.63, 3.8) is 0 Å². The number of amides is 1. The van der Waals surface area contributed by atoms with Crippen molar-refractivity contribution in [1.29, 1.82) is 0 Å². The van der Waals surface area contributed by atoms with Gasteiger partial charge in [0.15, 0.2) is 0 Å². The molecule has 1 saturated carbocycles. The highest BCUT2D eigenvalue weighted by Crippen LogP contribution is 2.48. The first kappa shape index (κ1) is 17.3. The number of aromatic nitrogens is 2. The van der Waals surface area contributed by atoms with Gasteiger partial charge in [-0.25, -0.2) is 4.98 Å². The molecule has 0 aliphatic heterocycles. The fourth-order valence-corrected chi connectivity index (χ4v) is 3.20. The van der Waals surface area contributed by atoms with Gasteiger partial charge in [0.2, 0.25) is 5.91 Å². The number of para-hydroxylation sites is 2. The third-order valence-corrected chi connectivity index (χ3v) is 4.74. The van der Waals surface area contributed by atoms with Crippen molar-refractivity contribution in [3.8, 4) is 5.69 Å². The summed E-state index contributed by atoms with van der Waals surface area (Å²) in [6, 6.07) is 12.4. The number of imidazole rings is 1. The SMILES string of the molecule is O=C(Nc1ccccc1-n1ccnc1)C1CC1c1ccc(C(F)(F)F)cc1. The number of carbonyl (C=O) groups excluding carboxylic acids is 1. The van der Waals surface area contributed by atoms with Gasteiger partial charge < -0.3 is 9.88 Å². The molecular formula is C20H16F3N3O. The van der Waals surface area contributed by atoms with E-state index in [4.69, 9.17) is 0 Å². The van der Waals surface area contributed by atoms with Gasteiger partial charge in [-0.3, -0.25) is 4.79 Å². The molecule has 1 amide bonds. The molecule has 3 aromatic rings. The molecule has 2 aromatic carbocycles. The lowest BCUT2D eigenvalue weighted by atomic mass is 10.1. The number of rotatable bonds is 4. The van der Waals surface area contributed by atoms with E-state index in [2.05, 4.69) is 10.3 Å². The summed E-state index contributed by atoms with van der Waals surface area (Å²) in [6.07, 6.45) is 1.36. The maximum absolute atomic E-state index is 12.7. The molecule has 0 saturated heterocycles. The fourth-order valence-electron chi connectivity index (χ4n) is 3.20. The smallest absolute Gasteiger partial charge is 0.324 e. The maximum atomic E-state index is 12.7. The molecule has 0 bridgehead atoms. The van der Waals surface area contributed by atoms with Crippen molar-refractivity contribution < 1.29 is 18.0 Å². The van der Waals surface area contributed by atoms with Crippen LogP contribution in [0.4, 0.5) is 18.9 Å². The van der Waals surface area contributed by atoms with Gasteiger partial charge in [-0.1, -0.05) is 24.3 Å². The van der Waals surface area contributed by atoms with E-state index in [0.717, 1.165) is 23.4 Å². The third-order valence-electron chi connectivity index (χ3n) is 4.74. The number of nitrogens with zero attached hydrogens (tertiary/aromatic N) is 2. The van der Waals surface area contributed by atoms with Gasteiger partial charge in [0.05, 0.1) is 23.3 Å². The van der Waals surface area contributed by atoms with Crippen LogP contribution in [0.15, 0.2) is 67.3 Å². The van der Waals surface area contributed by atoms with Crippen LogP contribution in [-0.4, -0.2) is 15.5 Å². The van der Waals surface area contributed by atoms with Crippen molar-refractivity contribution in [3.05, 3.63) is 78.4 Å². The molecular weight excluding hydrogens is 355 g/mol. The summed E-state index contributed by atoms with van der Waals surface area (Å²) in [6.45, 7) is 0. The molecule has 1 N–H and O–H groups in total. The Bertz CT molecular complexity index is 949. The number of benzene rings is 2. The van der Waals surface area contributed by atoms with Crippen LogP contribution in [0.5, 0.6) is 0 Å². The topological polar surface area (TPSA) is 46.9 Å². The van der Waals surface area contributed by atoms with Crippen molar-refractivity contribution in [2.45, 2.75) is 18.5 Å². The zero-order valence-corrected chi connectivity index (χ0v) is 14.1. The van der Waals surface area contributed by atoms with Gasteiger partial charge >= 0.3 is 6.18 Å². The molecule has 4 rings (SSSR count). The summed E-state index contributed by atoms with van der Waals surface area (Å²) in [7, 11) is 0. The second-order valence-corrected chi connectivity index (χ2v) is 6.54. The summed E-state index contributed by atoms with van der Waals surface area (Å²) < 4.78 is 39.8. The molecule has 0 radical (unpaired) electrons. The Morgan fingerprint density at radius 1 is 1.11 bits per heavy atom. The molecule has 1 aliphatic rings. The Kier molecular flexibility index (Phi) is 4.22. The molecule has 0 spiro atoms. The van der Waals surface area contributed by atoms with E-state index in [1.165, 1.54) is 12.1 Å². The van der Waals surface area contributed by atoms with Crippen LogP contribution in [0.2, 0.25) is 0 Å². The normalized spacial score (nSPS) is 18.9. The minimum atomic E-state index is -4.35. The highest BCUT2D eigenvalue weighted by molar-refractivity contribution is 5.96. The Morgan fingerprint density at radius 2 is 1.85 bits per heavy atom. The average molecular weight is 371 g/mol. The van der Waals surface area contributed by atoms with Gasteiger partial charge in [0, 0.05) is 18.3 Å². The number of hydrogen-bond donors (Lipinski definition) is 1. The summed E-state index contributed by atoms with van der Waals surface area (Å²) in [4.78, 5) is 16.6. The number of halogens is 3. The van der Waals surface area contributed by atoms with Crippen LogP contribution >= 0.6 is 0 Å². The van der Waals surface area contributed by atoms with E-state index in [-0.39, 0.29) is 17.7 Å². The highest BCUT2D eigenvalue weighted by atomic mass is 19.4. The summed E-state index contributed by atoms with van der Waals surface area (Å²) in [5.74, 6) is -0.419. The summed E-state index contributed by atoms with van der Waals surface area (Å²) in [5, 5.41) is 2.93. The lowest BCUT2D eigenvalue weighted by Gasteiger charge is -2.11. The Balaban J connectivity index is 1.46. The predicted octanol–water partition coefficient (Wildman–Crippen LogP) is 4.63. The van der Waals surface area contributed by atoms with Gasteiger partial charge in [0.25, 0.3) is 0 Å². The second-order valence-electron chi connectivity index (χ2n) is 6.54. The van der Waals surface area contributed by atoms with Crippen LogP contribution < -0.4 is 5.32 Å². The number of carbonyl (C=O) groups is 1. The highest BCUT2D eigenvalue weighted by Gasteiger charge is 2.44. The van der Waals surface area contributed by atoms with E-state index in [1.54, 1.807) is 23.3 Å². The first-order valence-electron chi connectivity index (χ1n) is 8.49. The van der Waals surface area contributed by atoms with Gasteiger partial charge in [-0.15, -0.1) is 0 Å². The molecule has 27 heavy (non-hydrogen) atoms. The van der Waals surface area contributed by atoms with Crippen molar-refractivity contribution >= 4 is 11.6 Å². The molecule has 1 fully saturated rings. The lowest BCUT2D eigenvalue weighted by molar-refractivity contribution is -0.137. The predicted molar refractivity (Wildman–Crippen MR) is 94.5 cm³/mol. The Hall–Kier alpha value is -3.09. The van der Waals surface area contributed by atoms with E-state index in [9.17, 15) is 18.0 Å². The van der Waals surface area contributed by atoms with Crippen LogP contribution in [0.3, 0.4) is 0 Å². The minimum Gasteiger partial charge on any atom is -0.324 e. The van der Waals surface area contributed by atoms with E-state index in [0.29, 0.717) is 12.1 Å². The van der Waals surface area contributed by atoms with E-state index < -0.39 is 11.7 Å². The first-order chi connectivity index (χ1) is 12.9. The third kappa shape index (κ3) is 3.58. The zero-order valence-electron chi connectivity index (χ0n) is 14.1. The summed E-state index contributed by atoms with van der Waals surface area (Å²) in [5.41, 5.74) is 1.54. The molecule has 2 unspecified atom stereocenters. The van der Waals surface area contributed by atoms with Gasteiger partial charge in [-0.2, -0.15) is 13.2 Å². The lowest BCUT2D eigenvalue weighted by Crippen LogP contribution is -2.16. The molecule has 2 atom stereocenters. The van der Waals surface area contributed by atoms with E-state index >= 15 is 0 Å². The Labute approximate surface area is 153 Å².